The smallest absolute Gasteiger partial charge is 0.391 e. The van der Waals surface area contributed by atoms with E-state index in [2.05, 4.69) is 0 Å². The standard InChI is InChI=1S/C11H9F3OS/c1-6-8-4-7(11(12,13)14)2-3-9(8)16-10(6)5-15/h2-4,15H,5H2,1H3. The number of rotatable bonds is 1. The number of alkyl halides is 3. The predicted molar refractivity (Wildman–Crippen MR) is 57.5 cm³/mol. The average molecular weight is 246 g/mol. The molecule has 0 saturated carbocycles. The summed E-state index contributed by atoms with van der Waals surface area (Å²) < 4.78 is 38.2. The van der Waals surface area contributed by atoms with Gasteiger partial charge in [0, 0.05) is 9.58 Å². The maximum atomic E-state index is 12.5. The number of hydrogen-bond donors (Lipinski definition) is 1. The van der Waals surface area contributed by atoms with Crippen molar-refractivity contribution in [3.8, 4) is 0 Å². The van der Waals surface area contributed by atoms with Crippen molar-refractivity contribution in [2.75, 3.05) is 0 Å². The van der Waals surface area contributed by atoms with Gasteiger partial charge in [0.2, 0.25) is 0 Å². The zero-order chi connectivity index (χ0) is 11.9. The van der Waals surface area contributed by atoms with E-state index in [1.165, 1.54) is 17.4 Å². The monoisotopic (exact) mass is 246 g/mol. The van der Waals surface area contributed by atoms with Crippen molar-refractivity contribution in [3.63, 3.8) is 0 Å². The first kappa shape index (κ1) is 11.4. The summed E-state index contributed by atoms with van der Waals surface area (Å²) in [6, 6.07) is 3.66. The highest BCUT2D eigenvalue weighted by molar-refractivity contribution is 7.19. The number of fused-ring (bicyclic) bond motifs is 1. The topological polar surface area (TPSA) is 20.2 Å². The van der Waals surface area contributed by atoms with Crippen LogP contribution in [0.3, 0.4) is 0 Å². The van der Waals surface area contributed by atoms with Crippen LogP contribution in [0.1, 0.15) is 16.0 Å². The molecule has 0 aliphatic heterocycles. The fourth-order valence-electron chi connectivity index (χ4n) is 1.60. The van der Waals surface area contributed by atoms with Crippen LogP contribution in [0.4, 0.5) is 13.2 Å². The van der Waals surface area contributed by atoms with Gasteiger partial charge in [-0.1, -0.05) is 0 Å². The molecule has 1 N–H and O–H groups in total. The van der Waals surface area contributed by atoms with Gasteiger partial charge in [-0.15, -0.1) is 11.3 Å². The minimum atomic E-state index is -4.32. The van der Waals surface area contributed by atoms with Gasteiger partial charge < -0.3 is 5.11 Å². The van der Waals surface area contributed by atoms with Crippen molar-refractivity contribution < 1.29 is 18.3 Å². The maximum absolute atomic E-state index is 12.5. The van der Waals surface area contributed by atoms with Gasteiger partial charge in [-0.2, -0.15) is 13.2 Å². The van der Waals surface area contributed by atoms with E-state index in [0.717, 1.165) is 22.4 Å². The molecule has 1 aromatic carbocycles. The van der Waals surface area contributed by atoms with Gasteiger partial charge in [0.1, 0.15) is 0 Å². The van der Waals surface area contributed by atoms with Crippen molar-refractivity contribution in [2.45, 2.75) is 19.7 Å². The molecule has 86 valence electrons. The minimum Gasteiger partial charge on any atom is -0.391 e. The normalized spacial score (nSPS) is 12.3. The number of hydrogen-bond acceptors (Lipinski definition) is 2. The molecular weight excluding hydrogens is 237 g/mol. The Kier molecular flexibility index (Phi) is 2.67. The molecule has 5 heteroatoms. The van der Waals surface area contributed by atoms with Crippen LogP contribution in [-0.2, 0) is 12.8 Å². The van der Waals surface area contributed by atoms with Gasteiger partial charge in [0.05, 0.1) is 12.2 Å². The molecule has 0 fully saturated rings. The van der Waals surface area contributed by atoms with E-state index in [4.69, 9.17) is 5.11 Å². The van der Waals surface area contributed by atoms with E-state index >= 15 is 0 Å². The number of halogens is 3. The highest BCUT2D eigenvalue weighted by Crippen LogP contribution is 2.36. The van der Waals surface area contributed by atoms with Crippen LogP contribution in [0.2, 0.25) is 0 Å². The van der Waals surface area contributed by atoms with Crippen molar-refractivity contribution in [1.29, 1.82) is 0 Å². The van der Waals surface area contributed by atoms with Crippen molar-refractivity contribution in [2.24, 2.45) is 0 Å². The second-order valence-electron chi connectivity index (χ2n) is 3.52. The Hall–Kier alpha value is -1.07. The SMILES string of the molecule is Cc1c(CO)sc2ccc(C(F)(F)F)cc12. The number of aliphatic hydroxyl groups is 1. The van der Waals surface area contributed by atoms with E-state index in [9.17, 15) is 13.2 Å². The van der Waals surface area contributed by atoms with E-state index < -0.39 is 11.7 Å². The zero-order valence-electron chi connectivity index (χ0n) is 8.43. The lowest BCUT2D eigenvalue weighted by Crippen LogP contribution is -2.03. The highest BCUT2D eigenvalue weighted by atomic mass is 32.1. The number of aliphatic hydroxyl groups excluding tert-OH is 1. The third kappa shape index (κ3) is 1.81. The molecule has 0 aliphatic rings. The quantitative estimate of drug-likeness (QED) is 0.813. The lowest BCUT2D eigenvalue weighted by atomic mass is 10.1. The van der Waals surface area contributed by atoms with Gasteiger partial charge in [-0.05, 0) is 36.1 Å². The predicted octanol–water partition coefficient (Wildman–Crippen LogP) is 3.72. The molecule has 2 aromatic rings. The molecule has 0 bridgehead atoms. The van der Waals surface area contributed by atoms with E-state index in [1.54, 1.807) is 6.92 Å². The van der Waals surface area contributed by atoms with Crippen LogP contribution >= 0.6 is 11.3 Å². The Labute approximate surface area is 94.1 Å². The van der Waals surface area contributed by atoms with E-state index in [1.807, 2.05) is 0 Å². The summed E-state index contributed by atoms with van der Waals surface area (Å²) in [6.45, 7) is 1.59. The van der Waals surface area contributed by atoms with E-state index in [-0.39, 0.29) is 6.61 Å². The number of benzene rings is 1. The molecule has 1 nitrogen and oxygen atoms in total. The van der Waals surface area contributed by atoms with Gasteiger partial charge in [-0.3, -0.25) is 0 Å². The van der Waals surface area contributed by atoms with Crippen molar-refractivity contribution in [3.05, 3.63) is 34.2 Å². The molecule has 0 spiro atoms. The van der Waals surface area contributed by atoms with Crippen molar-refractivity contribution in [1.82, 2.24) is 0 Å². The van der Waals surface area contributed by atoms with Crippen molar-refractivity contribution >= 4 is 21.4 Å². The Morgan fingerprint density at radius 2 is 2.00 bits per heavy atom. The minimum absolute atomic E-state index is 0.132. The second-order valence-corrected chi connectivity index (χ2v) is 4.65. The molecule has 16 heavy (non-hydrogen) atoms. The summed E-state index contributed by atoms with van der Waals surface area (Å²) in [7, 11) is 0. The van der Waals surface area contributed by atoms with Crippen LogP contribution in [0.25, 0.3) is 10.1 Å². The zero-order valence-corrected chi connectivity index (χ0v) is 9.25. The Bertz CT molecular complexity index is 528. The van der Waals surface area contributed by atoms with Gasteiger partial charge in [0.15, 0.2) is 0 Å². The van der Waals surface area contributed by atoms with E-state index in [0.29, 0.717) is 10.3 Å². The fourth-order valence-corrected chi connectivity index (χ4v) is 2.65. The first-order valence-electron chi connectivity index (χ1n) is 4.63. The summed E-state index contributed by atoms with van der Waals surface area (Å²) in [6.07, 6.45) is -4.32. The molecule has 0 aliphatic carbocycles. The molecule has 2 rings (SSSR count). The lowest BCUT2D eigenvalue weighted by Gasteiger charge is -2.06. The second kappa shape index (κ2) is 3.75. The summed E-state index contributed by atoms with van der Waals surface area (Å²) >= 11 is 1.33. The van der Waals surface area contributed by atoms with Gasteiger partial charge in [0.25, 0.3) is 0 Å². The summed E-state index contributed by atoms with van der Waals surface area (Å²) in [5, 5.41) is 9.61. The van der Waals surface area contributed by atoms with Crippen LogP contribution in [0, 0.1) is 6.92 Å². The third-order valence-electron chi connectivity index (χ3n) is 2.51. The molecule has 1 heterocycles. The molecule has 0 unspecified atom stereocenters. The Morgan fingerprint density at radius 1 is 1.31 bits per heavy atom. The molecule has 1 aromatic heterocycles. The average Bonchev–Trinajstić information content (AvgIpc) is 2.54. The van der Waals surface area contributed by atoms with Crippen LogP contribution in [-0.4, -0.2) is 5.11 Å². The lowest BCUT2D eigenvalue weighted by molar-refractivity contribution is -0.137. The number of thiophene rings is 1. The highest BCUT2D eigenvalue weighted by Gasteiger charge is 2.30. The first-order valence-corrected chi connectivity index (χ1v) is 5.45. The summed E-state index contributed by atoms with van der Waals surface area (Å²) in [5.74, 6) is 0. The first-order chi connectivity index (χ1) is 7.43. The maximum Gasteiger partial charge on any atom is 0.416 e. The van der Waals surface area contributed by atoms with Crippen LogP contribution in [0.15, 0.2) is 18.2 Å². The number of aryl methyl sites for hydroxylation is 1. The fraction of sp³-hybridized carbons (Fsp3) is 0.273. The Morgan fingerprint density at radius 3 is 2.56 bits per heavy atom. The summed E-state index contributed by atoms with van der Waals surface area (Å²) in [4.78, 5) is 0.717. The summed E-state index contributed by atoms with van der Waals surface area (Å²) in [5.41, 5.74) is 0.0824. The Balaban J connectivity index is 2.66. The van der Waals surface area contributed by atoms with Gasteiger partial charge in [-0.25, -0.2) is 0 Å². The largest absolute Gasteiger partial charge is 0.416 e. The molecule has 0 radical (unpaired) electrons. The molecular formula is C11H9F3OS. The molecule has 0 amide bonds. The van der Waals surface area contributed by atoms with Gasteiger partial charge >= 0.3 is 6.18 Å². The molecule has 0 saturated heterocycles. The third-order valence-corrected chi connectivity index (χ3v) is 3.76. The van der Waals surface area contributed by atoms with Crippen LogP contribution in [0.5, 0.6) is 0 Å². The molecule has 0 atom stereocenters. The van der Waals surface area contributed by atoms with Crippen LogP contribution < -0.4 is 0 Å².